The van der Waals surface area contributed by atoms with Crippen LogP contribution < -0.4 is 9.47 Å². The number of nitrogens with zero attached hydrogens (tertiary/aromatic N) is 1. The zero-order chi connectivity index (χ0) is 29.8. The zero-order valence-corrected chi connectivity index (χ0v) is 25.9. The molecule has 0 aromatic heterocycles. The summed E-state index contributed by atoms with van der Waals surface area (Å²) < 4.78 is 33.9. The Morgan fingerprint density at radius 1 is 0.932 bits per heavy atom. The fraction of sp³-hybridized carbons (Fsp3) is 0.474. The average molecular weight is 594 g/mol. The van der Waals surface area contributed by atoms with Gasteiger partial charge in [0.1, 0.15) is 6.61 Å². The molecule has 230 valence electrons. The maximum Gasteiger partial charge on any atom is 0.207 e. The Labute approximate surface area is 260 Å². The van der Waals surface area contributed by atoms with Gasteiger partial charge >= 0.3 is 0 Å². The van der Waals surface area contributed by atoms with E-state index in [4.69, 9.17) is 23.7 Å². The molecule has 5 aliphatic rings. The van der Waals surface area contributed by atoms with Crippen LogP contribution in [0.1, 0.15) is 54.9 Å². The van der Waals surface area contributed by atoms with Gasteiger partial charge in [0.25, 0.3) is 0 Å². The van der Waals surface area contributed by atoms with E-state index in [0.717, 1.165) is 48.8 Å². The molecule has 3 aromatic rings. The molecule has 6 nitrogen and oxygen atoms in total. The standard InChI is InChI=1S/C38H43NO5/c1-36-33-30-17-18-31(40-26-29-12-7-4-8-13-29)34(33)44-35(36)38(42-22-23-43-38)20-19-37(36,32(24-30)39(2)25-28-15-16-28)41-21-9-14-27-10-5-3-6-11-27/h3-14,17-18,28,32,35H,15-16,19-26H2,1-2H3/b14-9+/t32?,35-,36?,37-/m1/s1. The highest BCUT2D eigenvalue weighted by molar-refractivity contribution is 5.62. The van der Waals surface area contributed by atoms with E-state index in [9.17, 15) is 0 Å². The molecule has 8 rings (SSSR count). The topological polar surface area (TPSA) is 49.4 Å². The maximum atomic E-state index is 7.31. The SMILES string of the molecule is CN(CC1CC1)C1Cc2ccc(OCc3ccccc3)c3c2C2(C)[C@@H](O3)C3(CC[C@@]12OC/C=C/c1ccccc1)OCCO3. The first kappa shape index (κ1) is 28.3. The molecule has 0 amide bonds. The van der Waals surface area contributed by atoms with Gasteiger partial charge < -0.3 is 23.7 Å². The molecule has 0 radical (unpaired) electrons. The fourth-order valence-electron chi connectivity index (χ4n) is 8.65. The first-order valence-electron chi connectivity index (χ1n) is 16.4. The summed E-state index contributed by atoms with van der Waals surface area (Å²) in [5.74, 6) is 1.59. The van der Waals surface area contributed by atoms with Crippen LogP contribution in [0.4, 0.5) is 0 Å². The summed E-state index contributed by atoms with van der Waals surface area (Å²) >= 11 is 0. The molecule has 0 bridgehead atoms. The van der Waals surface area contributed by atoms with E-state index < -0.39 is 16.8 Å². The van der Waals surface area contributed by atoms with Crippen molar-refractivity contribution in [1.82, 2.24) is 4.90 Å². The number of likely N-dealkylation sites (N-methyl/N-ethyl adjacent to an activating group) is 1. The lowest BCUT2D eigenvalue weighted by Crippen LogP contribution is -2.76. The Kier molecular flexibility index (Phi) is 7.10. The summed E-state index contributed by atoms with van der Waals surface area (Å²) in [7, 11) is 2.30. The van der Waals surface area contributed by atoms with Gasteiger partial charge in [-0.2, -0.15) is 0 Å². The molecule has 2 saturated carbocycles. The van der Waals surface area contributed by atoms with Crippen molar-refractivity contribution in [1.29, 1.82) is 0 Å². The van der Waals surface area contributed by atoms with Crippen molar-refractivity contribution in [3.63, 3.8) is 0 Å². The second-order valence-electron chi connectivity index (χ2n) is 13.5. The highest BCUT2D eigenvalue weighted by Crippen LogP contribution is 2.66. The summed E-state index contributed by atoms with van der Waals surface area (Å²) in [4.78, 5) is 2.59. The smallest absolute Gasteiger partial charge is 0.207 e. The van der Waals surface area contributed by atoms with E-state index in [0.29, 0.717) is 26.4 Å². The Hall–Kier alpha value is -3.16. The third-order valence-electron chi connectivity index (χ3n) is 10.9. The lowest BCUT2D eigenvalue weighted by Gasteiger charge is -2.62. The third-order valence-corrected chi connectivity index (χ3v) is 10.9. The normalized spacial score (nSPS) is 29.7. The lowest BCUT2D eigenvalue weighted by atomic mass is 9.51. The van der Waals surface area contributed by atoms with Crippen molar-refractivity contribution in [2.45, 2.75) is 74.6 Å². The summed E-state index contributed by atoms with van der Waals surface area (Å²) in [6.07, 6.45) is 9.09. The maximum absolute atomic E-state index is 7.31. The van der Waals surface area contributed by atoms with E-state index >= 15 is 0 Å². The molecule has 3 aromatic carbocycles. The minimum Gasteiger partial charge on any atom is -0.485 e. The molecule has 2 heterocycles. The van der Waals surface area contributed by atoms with Crippen molar-refractivity contribution in [3.8, 4) is 11.5 Å². The number of benzene rings is 3. The Morgan fingerprint density at radius 3 is 2.43 bits per heavy atom. The van der Waals surface area contributed by atoms with E-state index in [1.165, 1.54) is 29.5 Å². The molecule has 3 aliphatic carbocycles. The van der Waals surface area contributed by atoms with Gasteiger partial charge in [-0.3, -0.25) is 4.90 Å². The molecule has 2 unspecified atom stereocenters. The molecule has 3 fully saturated rings. The molecule has 2 aliphatic heterocycles. The van der Waals surface area contributed by atoms with Crippen LogP contribution in [-0.2, 0) is 32.7 Å². The van der Waals surface area contributed by atoms with Crippen LogP contribution in [0.25, 0.3) is 6.08 Å². The van der Waals surface area contributed by atoms with E-state index in [1.54, 1.807) is 0 Å². The minimum atomic E-state index is -0.800. The molecule has 1 saturated heterocycles. The van der Waals surface area contributed by atoms with Gasteiger partial charge in [0.2, 0.25) is 5.79 Å². The molecule has 6 heteroatoms. The van der Waals surface area contributed by atoms with Gasteiger partial charge in [-0.1, -0.05) is 78.9 Å². The van der Waals surface area contributed by atoms with Gasteiger partial charge in [0, 0.05) is 24.6 Å². The van der Waals surface area contributed by atoms with E-state index in [2.05, 4.69) is 79.6 Å². The van der Waals surface area contributed by atoms with E-state index in [1.807, 2.05) is 24.3 Å². The van der Waals surface area contributed by atoms with Crippen molar-refractivity contribution >= 4 is 6.08 Å². The molecule has 1 spiro atoms. The molecule has 44 heavy (non-hydrogen) atoms. The highest BCUT2D eigenvalue weighted by Gasteiger charge is 2.75. The van der Waals surface area contributed by atoms with Gasteiger partial charge in [0.15, 0.2) is 17.6 Å². The molecule has 0 N–H and O–H groups in total. The zero-order valence-electron chi connectivity index (χ0n) is 25.9. The van der Waals surface area contributed by atoms with Crippen LogP contribution in [0.5, 0.6) is 11.5 Å². The van der Waals surface area contributed by atoms with Gasteiger partial charge in [-0.15, -0.1) is 0 Å². The molecular formula is C38H43NO5. The van der Waals surface area contributed by atoms with Crippen molar-refractivity contribution in [2.24, 2.45) is 5.92 Å². The minimum absolute atomic E-state index is 0.192. The van der Waals surface area contributed by atoms with E-state index in [-0.39, 0.29) is 12.1 Å². The second kappa shape index (κ2) is 11.0. The molecular weight excluding hydrogens is 550 g/mol. The number of hydrogen-bond donors (Lipinski definition) is 0. The first-order chi connectivity index (χ1) is 21.5. The predicted octanol–water partition coefficient (Wildman–Crippen LogP) is 6.56. The van der Waals surface area contributed by atoms with Crippen molar-refractivity contribution in [3.05, 3.63) is 101 Å². The van der Waals surface area contributed by atoms with Gasteiger partial charge in [-0.05, 0) is 68.3 Å². The lowest BCUT2D eigenvalue weighted by molar-refractivity contribution is -0.290. The molecule has 4 atom stereocenters. The van der Waals surface area contributed by atoms with Crippen LogP contribution in [-0.4, -0.2) is 61.8 Å². The average Bonchev–Trinajstić information content (AvgIpc) is 3.62. The van der Waals surface area contributed by atoms with Crippen LogP contribution in [0.3, 0.4) is 0 Å². The Bertz CT molecular complexity index is 1510. The number of fused-ring (bicyclic) bond motifs is 1. The van der Waals surface area contributed by atoms with Crippen molar-refractivity contribution in [2.75, 3.05) is 33.4 Å². The number of ether oxygens (including phenoxy) is 5. The van der Waals surface area contributed by atoms with Crippen LogP contribution in [0, 0.1) is 5.92 Å². The largest absolute Gasteiger partial charge is 0.485 e. The Morgan fingerprint density at radius 2 is 1.68 bits per heavy atom. The van der Waals surface area contributed by atoms with Gasteiger partial charge in [0.05, 0.1) is 30.8 Å². The summed E-state index contributed by atoms with van der Waals surface area (Å²) in [5, 5.41) is 0. The number of hydrogen-bond acceptors (Lipinski definition) is 6. The van der Waals surface area contributed by atoms with Crippen molar-refractivity contribution < 1.29 is 23.7 Å². The first-order valence-corrected chi connectivity index (χ1v) is 16.4. The highest BCUT2D eigenvalue weighted by atomic mass is 16.8. The third kappa shape index (κ3) is 4.53. The Balaban J connectivity index is 1.21. The fourth-order valence-corrected chi connectivity index (χ4v) is 8.65. The summed E-state index contributed by atoms with van der Waals surface area (Å²) in [5.41, 5.74) is 3.83. The second-order valence-corrected chi connectivity index (χ2v) is 13.5. The number of rotatable bonds is 10. The van der Waals surface area contributed by atoms with Gasteiger partial charge in [-0.25, -0.2) is 0 Å². The quantitative estimate of drug-likeness (QED) is 0.266. The summed E-state index contributed by atoms with van der Waals surface area (Å²) in [6, 6.07) is 25.3. The van der Waals surface area contributed by atoms with Crippen LogP contribution >= 0.6 is 0 Å². The monoisotopic (exact) mass is 593 g/mol. The van der Waals surface area contributed by atoms with Crippen LogP contribution in [0.2, 0.25) is 0 Å². The van der Waals surface area contributed by atoms with Crippen LogP contribution in [0.15, 0.2) is 78.9 Å². The summed E-state index contributed by atoms with van der Waals surface area (Å²) in [6.45, 7) is 5.61. The predicted molar refractivity (Wildman–Crippen MR) is 170 cm³/mol.